The van der Waals surface area contributed by atoms with Gasteiger partial charge in [0, 0.05) is 25.6 Å². The van der Waals surface area contributed by atoms with Crippen LogP contribution in [0.3, 0.4) is 0 Å². The van der Waals surface area contributed by atoms with Crippen molar-refractivity contribution in [2.24, 2.45) is 5.14 Å². The third-order valence-corrected chi connectivity index (χ3v) is 3.99. The summed E-state index contributed by atoms with van der Waals surface area (Å²) in [5.41, 5.74) is 0.708. The van der Waals surface area contributed by atoms with E-state index in [9.17, 15) is 13.2 Å². The van der Waals surface area contributed by atoms with E-state index in [1.807, 2.05) is 0 Å². The van der Waals surface area contributed by atoms with Crippen LogP contribution in [0.25, 0.3) is 0 Å². The lowest BCUT2D eigenvalue weighted by Gasteiger charge is -2.07. The zero-order valence-electron chi connectivity index (χ0n) is 11.1. The Kier molecular flexibility index (Phi) is 4.74. The monoisotopic (exact) mass is 297 g/mol. The highest BCUT2D eigenvalue weighted by Gasteiger charge is 2.20. The molecule has 1 fully saturated rings. The molecular formula is C13H19N3O3S. The van der Waals surface area contributed by atoms with Gasteiger partial charge in [-0.1, -0.05) is 12.1 Å². The van der Waals surface area contributed by atoms with Crippen molar-refractivity contribution < 1.29 is 13.2 Å². The zero-order chi connectivity index (χ0) is 14.6. The first kappa shape index (κ1) is 15.0. The van der Waals surface area contributed by atoms with Gasteiger partial charge in [-0.15, -0.1) is 0 Å². The smallest absolute Gasteiger partial charge is 0.238 e. The van der Waals surface area contributed by atoms with E-state index < -0.39 is 10.0 Å². The highest BCUT2D eigenvalue weighted by molar-refractivity contribution is 7.89. The summed E-state index contributed by atoms with van der Waals surface area (Å²) >= 11 is 0. The quantitative estimate of drug-likeness (QED) is 0.664. The van der Waals surface area contributed by atoms with Crippen molar-refractivity contribution in [2.45, 2.75) is 36.7 Å². The van der Waals surface area contributed by atoms with Crippen LogP contribution in [0.4, 0.5) is 0 Å². The Labute approximate surface area is 118 Å². The molecule has 1 amide bonds. The summed E-state index contributed by atoms with van der Waals surface area (Å²) in [5.74, 6) is -0.0563. The molecule has 0 heterocycles. The van der Waals surface area contributed by atoms with E-state index in [0.29, 0.717) is 31.1 Å². The van der Waals surface area contributed by atoms with Crippen LogP contribution in [0, 0.1) is 0 Å². The van der Waals surface area contributed by atoms with Gasteiger partial charge in [0.1, 0.15) is 0 Å². The predicted octanol–water partition coefficient (Wildman–Crippen LogP) is 0.0923. The first-order valence-electron chi connectivity index (χ1n) is 6.57. The first-order valence-corrected chi connectivity index (χ1v) is 8.11. The van der Waals surface area contributed by atoms with E-state index in [4.69, 9.17) is 5.14 Å². The maximum atomic E-state index is 11.6. The van der Waals surface area contributed by atoms with Gasteiger partial charge in [-0.05, 0) is 30.5 Å². The van der Waals surface area contributed by atoms with Crippen molar-refractivity contribution in [1.82, 2.24) is 10.6 Å². The summed E-state index contributed by atoms with van der Waals surface area (Å²) in [6.07, 6.45) is 2.81. The molecule has 1 aromatic rings. The molecule has 0 bridgehead atoms. The number of benzene rings is 1. The molecular weight excluding hydrogens is 278 g/mol. The third kappa shape index (κ3) is 4.92. The molecule has 110 valence electrons. The summed E-state index contributed by atoms with van der Waals surface area (Å²) in [4.78, 5) is 11.7. The van der Waals surface area contributed by atoms with Crippen LogP contribution in [0.5, 0.6) is 0 Å². The number of nitrogens with two attached hydrogens (primary N) is 1. The number of rotatable bonds is 7. The first-order chi connectivity index (χ1) is 9.45. The van der Waals surface area contributed by atoms with E-state index in [2.05, 4.69) is 10.6 Å². The molecule has 0 unspecified atom stereocenters. The molecule has 6 nitrogen and oxygen atoms in total. The Bertz CT molecular complexity index is 582. The molecule has 7 heteroatoms. The van der Waals surface area contributed by atoms with Crippen molar-refractivity contribution in [3.05, 3.63) is 29.8 Å². The van der Waals surface area contributed by atoms with Gasteiger partial charge in [-0.3, -0.25) is 4.79 Å². The maximum Gasteiger partial charge on any atom is 0.238 e. The van der Waals surface area contributed by atoms with Gasteiger partial charge in [-0.2, -0.15) is 0 Å². The number of carbonyl (C=O) groups is 1. The van der Waals surface area contributed by atoms with Gasteiger partial charge < -0.3 is 10.6 Å². The number of hydrogen-bond donors (Lipinski definition) is 3. The zero-order valence-corrected chi connectivity index (χ0v) is 11.9. The van der Waals surface area contributed by atoms with Gasteiger partial charge in [0.05, 0.1) is 4.90 Å². The van der Waals surface area contributed by atoms with Gasteiger partial charge in [0.15, 0.2) is 0 Å². The Morgan fingerprint density at radius 3 is 2.75 bits per heavy atom. The fourth-order valence-corrected chi connectivity index (χ4v) is 2.38. The molecule has 0 saturated heterocycles. The standard InChI is InChI=1S/C13H19N3O3S/c14-20(18,19)12-3-1-2-10(8-12)9-16-13(17)6-7-15-11-4-5-11/h1-3,8,11,15H,4-7,9H2,(H,16,17)(H2,14,18,19). The Morgan fingerprint density at radius 1 is 1.35 bits per heavy atom. The molecule has 0 aliphatic heterocycles. The minimum Gasteiger partial charge on any atom is -0.352 e. The van der Waals surface area contributed by atoms with Crippen molar-refractivity contribution in [3.8, 4) is 0 Å². The Morgan fingerprint density at radius 2 is 2.10 bits per heavy atom. The van der Waals surface area contributed by atoms with Crippen LogP contribution >= 0.6 is 0 Å². The van der Waals surface area contributed by atoms with E-state index in [0.717, 1.165) is 0 Å². The normalized spacial score (nSPS) is 15.1. The van der Waals surface area contributed by atoms with E-state index in [-0.39, 0.29) is 10.8 Å². The second kappa shape index (κ2) is 6.34. The molecule has 1 saturated carbocycles. The molecule has 1 aromatic carbocycles. The van der Waals surface area contributed by atoms with Crippen LogP contribution in [-0.4, -0.2) is 26.9 Å². The van der Waals surface area contributed by atoms with E-state index in [1.54, 1.807) is 12.1 Å². The average Bonchev–Trinajstić information content (AvgIpc) is 3.20. The molecule has 0 radical (unpaired) electrons. The summed E-state index contributed by atoms with van der Waals surface area (Å²) in [7, 11) is -3.70. The van der Waals surface area contributed by atoms with Crippen molar-refractivity contribution >= 4 is 15.9 Å². The van der Waals surface area contributed by atoms with E-state index in [1.165, 1.54) is 25.0 Å². The van der Waals surface area contributed by atoms with Crippen LogP contribution in [0.15, 0.2) is 29.2 Å². The average molecular weight is 297 g/mol. The lowest BCUT2D eigenvalue weighted by Crippen LogP contribution is -2.28. The Hall–Kier alpha value is -1.44. The summed E-state index contributed by atoms with van der Waals surface area (Å²) in [5, 5.41) is 11.1. The lowest BCUT2D eigenvalue weighted by molar-refractivity contribution is -0.121. The molecule has 0 spiro atoms. The molecule has 4 N–H and O–H groups in total. The molecule has 20 heavy (non-hydrogen) atoms. The fraction of sp³-hybridized carbons (Fsp3) is 0.462. The SMILES string of the molecule is NS(=O)(=O)c1cccc(CNC(=O)CCNC2CC2)c1. The van der Waals surface area contributed by atoms with Gasteiger partial charge in [-0.25, -0.2) is 13.6 Å². The van der Waals surface area contributed by atoms with Gasteiger partial charge in [0.25, 0.3) is 0 Å². The van der Waals surface area contributed by atoms with E-state index >= 15 is 0 Å². The maximum absolute atomic E-state index is 11.6. The second-order valence-electron chi connectivity index (χ2n) is 4.95. The second-order valence-corrected chi connectivity index (χ2v) is 6.51. The number of nitrogens with one attached hydrogen (secondary N) is 2. The number of primary sulfonamides is 1. The van der Waals surface area contributed by atoms with Gasteiger partial charge in [0.2, 0.25) is 15.9 Å². The summed E-state index contributed by atoms with van der Waals surface area (Å²) in [6, 6.07) is 6.85. The lowest BCUT2D eigenvalue weighted by atomic mass is 10.2. The minimum atomic E-state index is -3.70. The third-order valence-electron chi connectivity index (χ3n) is 3.08. The van der Waals surface area contributed by atoms with Crippen molar-refractivity contribution in [1.29, 1.82) is 0 Å². The molecule has 0 atom stereocenters. The minimum absolute atomic E-state index is 0.0552. The summed E-state index contributed by atoms with van der Waals surface area (Å²) in [6.45, 7) is 0.972. The topological polar surface area (TPSA) is 101 Å². The van der Waals surface area contributed by atoms with Crippen LogP contribution < -0.4 is 15.8 Å². The highest BCUT2D eigenvalue weighted by Crippen LogP contribution is 2.18. The summed E-state index contributed by atoms with van der Waals surface area (Å²) < 4.78 is 22.4. The highest BCUT2D eigenvalue weighted by atomic mass is 32.2. The predicted molar refractivity (Wildman–Crippen MR) is 75.3 cm³/mol. The number of sulfonamides is 1. The van der Waals surface area contributed by atoms with Crippen molar-refractivity contribution in [2.75, 3.05) is 6.54 Å². The van der Waals surface area contributed by atoms with Crippen molar-refractivity contribution in [3.63, 3.8) is 0 Å². The van der Waals surface area contributed by atoms with Crippen LogP contribution in [0.2, 0.25) is 0 Å². The number of hydrogen-bond acceptors (Lipinski definition) is 4. The van der Waals surface area contributed by atoms with Crippen LogP contribution in [0.1, 0.15) is 24.8 Å². The largest absolute Gasteiger partial charge is 0.352 e. The number of amides is 1. The molecule has 1 aliphatic rings. The van der Waals surface area contributed by atoms with Crippen LogP contribution in [-0.2, 0) is 21.4 Å². The van der Waals surface area contributed by atoms with Gasteiger partial charge >= 0.3 is 0 Å². The Balaban J connectivity index is 1.79. The molecule has 2 rings (SSSR count). The number of carbonyl (C=O) groups excluding carboxylic acids is 1. The molecule has 1 aliphatic carbocycles. The fourth-order valence-electron chi connectivity index (χ4n) is 1.80. The molecule has 0 aromatic heterocycles.